The summed E-state index contributed by atoms with van der Waals surface area (Å²) in [4.78, 5) is 13.4. The highest BCUT2D eigenvalue weighted by Crippen LogP contribution is 2.51. The Labute approximate surface area is 225 Å². The summed E-state index contributed by atoms with van der Waals surface area (Å²) in [6.45, 7) is -0.709. The van der Waals surface area contributed by atoms with Crippen LogP contribution in [-0.2, 0) is 4.74 Å². The Bertz CT molecular complexity index is 1460. The lowest BCUT2D eigenvalue weighted by molar-refractivity contribution is -0.277. The van der Waals surface area contributed by atoms with Gasteiger partial charge in [0.15, 0.2) is 28.6 Å². The smallest absolute Gasteiger partial charge is 0.239 e. The lowest BCUT2D eigenvalue weighted by Gasteiger charge is -2.39. The normalized spacial score (nSPS) is 22.6. The van der Waals surface area contributed by atoms with E-state index in [1.165, 1.54) is 20.3 Å². The van der Waals surface area contributed by atoms with E-state index < -0.39 is 76.9 Å². The van der Waals surface area contributed by atoms with Crippen molar-refractivity contribution in [3.05, 3.63) is 22.4 Å². The molecule has 40 heavy (non-hydrogen) atoms. The number of phenolic OH excluding ortho intramolecular Hbond substituents is 3. The standard InChI is InChI=1S/C25H28O15/c1-34-20-9(27)5-8(6-10(20)38-25-17(32)16(31)13(28)11(7-26)39-25)19-23(36-3)15(30)12-14(29)22(35-2)18(33)24(37-4)21(12)40-19/h5-6,11,13,16-17,25-29,31-33H,7H2,1-4H3/t11-,13-,16+,17-,25-/m1/s1. The molecule has 0 aliphatic carbocycles. The van der Waals surface area contributed by atoms with Crippen LogP contribution in [0.4, 0.5) is 0 Å². The predicted molar refractivity (Wildman–Crippen MR) is 134 cm³/mol. The molecule has 0 bridgehead atoms. The zero-order chi connectivity index (χ0) is 29.5. The number of phenols is 3. The lowest BCUT2D eigenvalue weighted by atomic mass is 9.99. The number of benzene rings is 2. The summed E-state index contributed by atoms with van der Waals surface area (Å²) in [6, 6.07) is 2.34. The van der Waals surface area contributed by atoms with Crippen LogP contribution in [0.15, 0.2) is 21.3 Å². The maximum Gasteiger partial charge on any atom is 0.239 e. The van der Waals surface area contributed by atoms with Crippen molar-refractivity contribution < 1.29 is 68.6 Å². The molecule has 1 saturated heterocycles. The second-order valence-corrected chi connectivity index (χ2v) is 8.60. The SMILES string of the molecule is COc1c(O)cc(-c2oc3c(OC)c(O)c(OC)c(O)c3c(=O)c2OC)cc1O[C@@H]1O[C@H](CO)[C@@H](O)[C@H](O)[C@H]1O. The van der Waals surface area contributed by atoms with E-state index in [4.69, 9.17) is 32.8 Å². The number of ether oxygens (including phenoxy) is 6. The average Bonchev–Trinajstić information content (AvgIpc) is 2.93. The Morgan fingerprint density at radius 3 is 2.00 bits per heavy atom. The number of hydrogen-bond acceptors (Lipinski definition) is 15. The third-order valence-corrected chi connectivity index (χ3v) is 6.36. The van der Waals surface area contributed by atoms with Gasteiger partial charge in [0.05, 0.1) is 35.0 Å². The fourth-order valence-corrected chi connectivity index (χ4v) is 4.39. The molecule has 0 radical (unpaired) electrons. The molecule has 2 aromatic carbocycles. The van der Waals surface area contributed by atoms with E-state index in [9.17, 15) is 40.5 Å². The molecule has 5 atom stereocenters. The van der Waals surface area contributed by atoms with Gasteiger partial charge in [0.2, 0.25) is 40.5 Å². The van der Waals surface area contributed by atoms with Crippen LogP contribution in [0, 0.1) is 0 Å². The van der Waals surface area contributed by atoms with Crippen LogP contribution < -0.4 is 29.1 Å². The number of aliphatic hydroxyl groups excluding tert-OH is 4. The molecule has 15 heteroatoms. The quantitative estimate of drug-likeness (QED) is 0.186. The van der Waals surface area contributed by atoms with Gasteiger partial charge in [-0.3, -0.25) is 4.79 Å². The predicted octanol–water partition coefficient (Wildman–Crippen LogP) is -0.210. The fraction of sp³-hybridized carbons (Fsp3) is 0.400. The Morgan fingerprint density at radius 2 is 1.43 bits per heavy atom. The van der Waals surface area contributed by atoms with Crippen LogP contribution in [0.2, 0.25) is 0 Å². The van der Waals surface area contributed by atoms with Crippen LogP contribution in [0.5, 0.6) is 46.0 Å². The molecule has 2 heterocycles. The third-order valence-electron chi connectivity index (χ3n) is 6.36. The summed E-state index contributed by atoms with van der Waals surface area (Å²) < 4.78 is 37.5. The van der Waals surface area contributed by atoms with E-state index >= 15 is 0 Å². The molecule has 0 spiro atoms. The number of aliphatic hydroxyl groups is 4. The van der Waals surface area contributed by atoms with E-state index in [1.807, 2.05) is 0 Å². The molecule has 1 fully saturated rings. The molecule has 4 rings (SSSR count). The number of methoxy groups -OCH3 is 4. The van der Waals surface area contributed by atoms with Crippen molar-refractivity contribution in [3.8, 4) is 57.3 Å². The molecular weight excluding hydrogens is 540 g/mol. The highest BCUT2D eigenvalue weighted by molar-refractivity contribution is 5.96. The Hall–Kier alpha value is -4.15. The van der Waals surface area contributed by atoms with Crippen molar-refractivity contribution >= 4 is 11.0 Å². The average molecular weight is 568 g/mol. The summed E-state index contributed by atoms with van der Waals surface area (Å²) >= 11 is 0. The summed E-state index contributed by atoms with van der Waals surface area (Å²) in [7, 11) is 4.70. The van der Waals surface area contributed by atoms with Gasteiger partial charge in [-0.15, -0.1) is 0 Å². The number of rotatable bonds is 8. The van der Waals surface area contributed by atoms with E-state index in [1.54, 1.807) is 0 Å². The van der Waals surface area contributed by atoms with Gasteiger partial charge in [0, 0.05) is 5.56 Å². The van der Waals surface area contributed by atoms with Gasteiger partial charge >= 0.3 is 0 Å². The van der Waals surface area contributed by atoms with Crippen molar-refractivity contribution in [2.24, 2.45) is 0 Å². The van der Waals surface area contributed by atoms with E-state index in [0.29, 0.717) is 0 Å². The lowest BCUT2D eigenvalue weighted by Crippen LogP contribution is -2.60. The zero-order valence-electron chi connectivity index (χ0n) is 21.6. The van der Waals surface area contributed by atoms with E-state index in [-0.39, 0.29) is 34.2 Å². The van der Waals surface area contributed by atoms with Gasteiger partial charge in [-0.05, 0) is 12.1 Å². The minimum atomic E-state index is -1.79. The van der Waals surface area contributed by atoms with Gasteiger partial charge in [-0.1, -0.05) is 0 Å². The summed E-state index contributed by atoms with van der Waals surface area (Å²) in [5.74, 6) is -3.97. The summed E-state index contributed by atoms with van der Waals surface area (Å²) in [5.41, 5.74) is -1.32. The minimum absolute atomic E-state index is 0.0504. The van der Waals surface area contributed by atoms with Crippen molar-refractivity contribution in [1.29, 1.82) is 0 Å². The van der Waals surface area contributed by atoms with E-state index in [0.717, 1.165) is 20.3 Å². The first-order chi connectivity index (χ1) is 19.0. The molecule has 1 aromatic heterocycles. The largest absolute Gasteiger partial charge is 0.504 e. The second kappa shape index (κ2) is 11.1. The Morgan fingerprint density at radius 1 is 0.800 bits per heavy atom. The molecule has 1 aliphatic heterocycles. The van der Waals surface area contributed by atoms with Gasteiger partial charge in [-0.25, -0.2) is 0 Å². The van der Waals surface area contributed by atoms with Gasteiger partial charge in [0.25, 0.3) is 0 Å². The van der Waals surface area contributed by atoms with Crippen molar-refractivity contribution in [3.63, 3.8) is 0 Å². The highest BCUT2D eigenvalue weighted by Gasteiger charge is 2.45. The minimum Gasteiger partial charge on any atom is -0.504 e. The molecular formula is C25H28O15. The molecule has 0 saturated carbocycles. The van der Waals surface area contributed by atoms with Crippen molar-refractivity contribution in [2.75, 3.05) is 35.0 Å². The van der Waals surface area contributed by atoms with Crippen molar-refractivity contribution in [1.82, 2.24) is 0 Å². The Kier molecular flexibility index (Phi) is 8.04. The zero-order valence-corrected chi connectivity index (χ0v) is 21.6. The van der Waals surface area contributed by atoms with Crippen LogP contribution in [0.3, 0.4) is 0 Å². The number of hydrogen-bond donors (Lipinski definition) is 7. The summed E-state index contributed by atoms with van der Waals surface area (Å²) in [6.07, 6.45) is -8.10. The molecule has 1 aliphatic rings. The molecule has 3 aromatic rings. The monoisotopic (exact) mass is 568 g/mol. The number of fused-ring (bicyclic) bond motifs is 1. The highest BCUT2D eigenvalue weighted by atomic mass is 16.7. The fourth-order valence-electron chi connectivity index (χ4n) is 4.39. The molecule has 15 nitrogen and oxygen atoms in total. The molecule has 0 unspecified atom stereocenters. The van der Waals surface area contributed by atoms with E-state index in [2.05, 4.69) is 0 Å². The summed E-state index contributed by atoms with van der Waals surface area (Å²) in [5, 5.41) is 71.4. The maximum absolute atomic E-state index is 13.4. The molecule has 7 N–H and O–H groups in total. The van der Waals surface area contributed by atoms with Gasteiger partial charge in [0.1, 0.15) is 29.8 Å². The van der Waals surface area contributed by atoms with Crippen LogP contribution in [0.1, 0.15) is 0 Å². The van der Waals surface area contributed by atoms with Crippen LogP contribution in [-0.4, -0.2) is 101 Å². The topological polar surface area (TPSA) is 227 Å². The molecule has 0 amide bonds. The first kappa shape index (κ1) is 28.8. The van der Waals surface area contributed by atoms with Crippen LogP contribution >= 0.6 is 0 Å². The van der Waals surface area contributed by atoms with Crippen molar-refractivity contribution in [2.45, 2.75) is 30.7 Å². The number of aromatic hydroxyl groups is 3. The Balaban J connectivity index is 1.93. The van der Waals surface area contributed by atoms with Crippen LogP contribution in [0.25, 0.3) is 22.3 Å². The molecule has 218 valence electrons. The first-order valence-corrected chi connectivity index (χ1v) is 11.6. The second-order valence-electron chi connectivity index (χ2n) is 8.60. The van der Waals surface area contributed by atoms with Gasteiger partial charge in [-0.2, -0.15) is 0 Å². The first-order valence-electron chi connectivity index (χ1n) is 11.6. The maximum atomic E-state index is 13.4. The van der Waals surface area contributed by atoms with Gasteiger partial charge < -0.3 is 68.6 Å². The third kappa shape index (κ3) is 4.52.